The van der Waals surface area contributed by atoms with E-state index in [0.29, 0.717) is 19.6 Å². The third-order valence-electron chi connectivity index (χ3n) is 0.658. The molecule has 0 unspecified atom stereocenters. The van der Waals surface area contributed by atoms with Crippen molar-refractivity contribution < 1.29 is 31.8 Å². The highest BCUT2D eigenvalue weighted by molar-refractivity contribution is 4.30. The lowest BCUT2D eigenvalue weighted by molar-refractivity contribution is -0.237. The summed E-state index contributed by atoms with van der Waals surface area (Å²) in [6, 6.07) is 0. The van der Waals surface area contributed by atoms with Gasteiger partial charge in [-0.1, -0.05) is 0 Å². The molecule has 0 saturated carbocycles. The molecule has 0 aromatic carbocycles. The van der Waals surface area contributed by atoms with E-state index in [-0.39, 0.29) is 13.3 Å². The quantitative estimate of drug-likeness (QED) is 0.554. The Morgan fingerprint density at radius 2 is 1.54 bits per heavy atom. The first-order valence-corrected chi connectivity index (χ1v) is 3.42. The van der Waals surface area contributed by atoms with Crippen molar-refractivity contribution in [1.29, 1.82) is 0 Å². The predicted octanol–water partition coefficient (Wildman–Crippen LogP) is 1.83. The molecule has 0 radical (unpaired) electrons. The van der Waals surface area contributed by atoms with E-state index < -0.39 is 6.43 Å². The van der Waals surface area contributed by atoms with Crippen LogP contribution < -0.4 is 0 Å². The molecule has 0 saturated heterocycles. The van der Waals surface area contributed by atoms with Crippen molar-refractivity contribution in [1.82, 2.24) is 0 Å². The van der Waals surface area contributed by atoms with E-state index >= 15 is 0 Å². The number of aliphatic hydroxyl groups excluding tert-OH is 1. The standard InChI is InChI=1S/C5H11FO2.CF4/c6-2-1-4-8-5-3-7;2-1(3,4)5/h7H,1-5H2;. The topological polar surface area (TPSA) is 29.5 Å². The minimum atomic E-state index is -5.50. The lowest BCUT2D eigenvalue weighted by atomic mass is 10.5. The number of hydrogen-bond acceptors (Lipinski definition) is 2. The van der Waals surface area contributed by atoms with Crippen molar-refractivity contribution in [3.8, 4) is 0 Å². The predicted molar refractivity (Wildman–Crippen MR) is 35.7 cm³/mol. The summed E-state index contributed by atoms with van der Waals surface area (Å²) in [7, 11) is 0. The Hall–Kier alpha value is -0.430. The molecule has 0 rings (SSSR count). The number of halogens is 5. The van der Waals surface area contributed by atoms with Crippen LogP contribution in [0.3, 0.4) is 0 Å². The average Bonchev–Trinajstić information content (AvgIpc) is 1.95. The first-order chi connectivity index (χ1) is 5.91. The molecule has 0 aliphatic heterocycles. The molecule has 0 fully saturated rings. The summed E-state index contributed by atoms with van der Waals surface area (Å²) < 4.78 is 54.8. The van der Waals surface area contributed by atoms with Crippen molar-refractivity contribution in [2.24, 2.45) is 0 Å². The summed E-state index contributed by atoms with van der Waals surface area (Å²) in [6.07, 6.45) is -5.07. The molecule has 82 valence electrons. The van der Waals surface area contributed by atoms with Crippen LogP contribution in [-0.4, -0.2) is 38.0 Å². The van der Waals surface area contributed by atoms with Gasteiger partial charge in [0.2, 0.25) is 0 Å². The lowest BCUT2D eigenvalue weighted by Crippen LogP contribution is -2.00. The van der Waals surface area contributed by atoms with Crippen LogP contribution >= 0.6 is 0 Å². The lowest BCUT2D eigenvalue weighted by Gasteiger charge is -1.96. The van der Waals surface area contributed by atoms with Gasteiger partial charge in [-0.25, -0.2) is 0 Å². The molecular formula is C6H11F5O2. The summed E-state index contributed by atoms with van der Waals surface area (Å²) in [5, 5.41) is 8.15. The Morgan fingerprint density at radius 1 is 1.08 bits per heavy atom. The number of aliphatic hydroxyl groups is 1. The normalized spacial score (nSPS) is 10.6. The van der Waals surface area contributed by atoms with Gasteiger partial charge in [0.05, 0.1) is 19.9 Å². The van der Waals surface area contributed by atoms with Gasteiger partial charge in [-0.05, 0) is 6.42 Å². The van der Waals surface area contributed by atoms with Crippen LogP contribution in [0.15, 0.2) is 0 Å². The highest BCUT2D eigenvalue weighted by Crippen LogP contribution is 2.13. The van der Waals surface area contributed by atoms with Crippen molar-refractivity contribution in [2.75, 3.05) is 26.5 Å². The molecular weight excluding hydrogens is 199 g/mol. The summed E-state index contributed by atoms with van der Waals surface area (Å²) in [6.45, 7) is 0.411. The van der Waals surface area contributed by atoms with Gasteiger partial charge in [0.1, 0.15) is 0 Å². The smallest absolute Gasteiger partial charge is 0.394 e. The van der Waals surface area contributed by atoms with E-state index in [9.17, 15) is 22.0 Å². The third kappa shape index (κ3) is 50.7. The van der Waals surface area contributed by atoms with E-state index in [1.54, 1.807) is 0 Å². The van der Waals surface area contributed by atoms with Gasteiger partial charge in [-0.3, -0.25) is 4.39 Å². The van der Waals surface area contributed by atoms with Crippen molar-refractivity contribution in [2.45, 2.75) is 12.9 Å². The molecule has 0 atom stereocenters. The summed E-state index contributed by atoms with van der Waals surface area (Å²) in [5.74, 6) is 0. The van der Waals surface area contributed by atoms with Crippen molar-refractivity contribution >= 4 is 0 Å². The Balaban J connectivity index is 0. The molecule has 7 heteroatoms. The molecule has 0 aromatic heterocycles. The SMILES string of the molecule is FC(F)(F)F.OCCOCCCF. The Bertz CT molecular complexity index is 83.5. The highest BCUT2D eigenvalue weighted by atomic mass is 19.5. The molecule has 1 N–H and O–H groups in total. The fraction of sp³-hybridized carbons (Fsp3) is 1.00. The van der Waals surface area contributed by atoms with Crippen LogP contribution in [0.25, 0.3) is 0 Å². The molecule has 0 bridgehead atoms. The average molecular weight is 210 g/mol. The van der Waals surface area contributed by atoms with Gasteiger partial charge >= 0.3 is 6.43 Å². The van der Waals surface area contributed by atoms with E-state index in [1.807, 2.05) is 0 Å². The van der Waals surface area contributed by atoms with Crippen LogP contribution in [-0.2, 0) is 4.74 Å². The molecule has 0 amide bonds. The van der Waals surface area contributed by atoms with E-state index in [1.165, 1.54) is 0 Å². The van der Waals surface area contributed by atoms with Gasteiger partial charge in [-0.2, -0.15) is 0 Å². The Morgan fingerprint density at radius 3 is 1.85 bits per heavy atom. The zero-order valence-corrected chi connectivity index (χ0v) is 6.78. The molecule has 0 aromatic rings. The molecule has 0 heterocycles. The number of ether oxygens (including phenoxy) is 1. The minimum Gasteiger partial charge on any atom is -0.394 e. The second-order valence-corrected chi connectivity index (χ2v) is 1.81. The van der Waals surface area contributed by atoms with Gasteiger partial charge in [-0.15, -0.1) is 17.6 Å². The third-order valence-corrected chi connectivity index (χ3v) is 0.658. The van der Waals surface area contributed by atoms with Crippen LogP contribution in [0.4, 0.5) is 22.0 Å². The molecule has 2 nitrogen and oxygen atoms in total. The number of hydrogen-bond donors (Lipinski definition) is 1. The van der Waals surface area contributed by atoms with Crippen LogP contribution in [0.5, 0.6) is 0 Å². The van der Waals surface area contributed by atoms with Gasteiger partial charge < -0.3 is 9.84 Å². The van der Waals surface area contributed by atoms with E-state index in [4.69, 9.17) is 9.84 Å². The molecule has 0 spiro atoms. The van der Waals surface area contributed by atoms with Gasteiger partial charge in [0.15, 0.2) is 0 Å². The minimum absolute atomic E-state index is 0.0201. The van der Waals surface area contributed by atoms with Crippen molar-refractivity contribution in [3.05, 3.63) is 0 Å². The Labute approximate surface area is 72.3 Å². The largest absolute Gasteiger partial charge is 0.559 e. The maximum Gasteiger partial charge on any atom is 0.559 e. The monoisotopic (exact) mass is 210 g/mol. The van der Waals surface area contributed by atoms with E-state index in [2.05, 4.69) is 0 Å². The number of rotatable bonds is 5. The fourth-order valence-corrected chi connectivity index (χ4v) is 0.323. The van der Waals surface area contributed by atoms with E-state index in [0.717, 1.165) is 0 Å². The van der Waals surface area contributed by atoms with Crippen LogP contribution in [0.1, 0.15) is 6.42 Å². The van der Waals surface area contributed by atoms with Crippen molar-refractivity contribution in [3.63, 3.8) is 0 Å². The molecule has 0 aliphatic rings. The zero-order valence-electron chi connectivity index (χ0n) is 6.78. The van der Waals surface area contributed by atoms with Gasteiger partial charge in [0.25, 0.3) is 0 Å². The Kier molecular flexibility index (Phi) is 11.2. The molecule has 0 aliphatic carbocycles. The molecule has 13 heavy (non-hydrogen) atoms. The summed E-state index contributed by atoms with van der Waals surface area (Å²) in [5.41, 5.74) is 0. The summed E-state index contributed by atoms with van der Waals surface area (Å²) in [4.78, 5) is 0. The summed E-state index contributed by atoms with van der Waals surface area (Å²) >= 11 is 0. The maximum atomic E-state index is 11.3. The highest BCUT2D eigenvalue weighted by Gasteiger charge is 2.24. The fourth-order valence-electron chi connectivity index (χ4n) is 0.323. The second-order valence-electron chi connectivity index (χ2n) is 1.81. The van der Waals surface area contributed by atoms with Gasteiger partial charge in [0, 0.05) is 6.61 Å². The second kappa shape index (κ2) is 9.66. The zero-order chi connectivity index (χ0) is 10.7. The maximum absolute atomic E-state index is 11.3. The first-order valence-electron chi connectivity index (χ1n) is 3.42. The van der Waals surface area contributed by atoms with Crippen LogP contribution in [0.2, 0.25) is 0 Å². The number of alkyl halides is 5. The first kappa shape index (κ1) is 15.1. The van der Waals surface area contributed by atoms with Crippen LogP contribution in [0, 0.1) is 0 Å².